The fraction of sp³-hybridized carbons (Fsp3) is 0.469. The van der Waals surface area contributed by atoms with Crippen LogP contribution in [0.15, 0.2) is 49.2 Å². The Labute approximate surface area is 251 Å². The molecule has 3 N–H and O–H groups in total. The quantitative estimate of drug-likeness (QED) is 0.359. The number of aromatic nitrogens is 1. The van der Waals surface area contributed by atoms with Crippen LogP contribution in [0.2, 0.25) is 0 Å². The molecule has 1 aromatic carbocycles. The van der Waals surface area contributed by atoms with E-state index in [1.54, 1.807) is 19.2 Å². The third-order valence-electron chi connectivity index (χ3n) is 8.43. The summed E-state index contributed by atoms with van der Waals surface area (Å²) in [7, 11) is 0. The summed E-state index contributed by atoms with van der Waals surface area (Å²) in [4.78, 5) is 58.1. The number of amides is 3. The number of cyclic esters (lactones) is 1. The van der Waals surface area contributed by atoms with Crippen LogP contribution < -0.4 is 16.1 Å². The van der Waals surface area contributed by atoms with Crippen molar-refractivity contribution in [3.05, 3.63) is 60.5 Å². The molecule has 5 bridgehead atoms. The summed E-state index contributed by atoms with van der Waals surface area (Å²) in [6, 6.07) is 5.19. The van der Waals surface area contributed by atoms with Crippen molar-refractivity contribution in [1.82, 2.24) is 26.1 Å². The summed E-state index contributed by atoms with van der Waals surface area (Å²) in [6.07, 6.45) is 8.63. The Morgan fingerprint density at radius 3 is 2.65 bits per heavy atom. The first-order chi connectivity index (χ1) is 20.7. The van der Waals surface area contributed by atoms with Gasteiger partial charge in [0, 0.05) is 31.3 Å². The van der Waals surface area contributed by atoms with Crippen molar-refractivity contribution < 1.29 is 28.7 Å². The number of ether oxygens (including phenoxy) is 2. The van der Waals surface area contributed by atoms with Gasteiger partial charge in [-0.25, -0.2) is 5.43 Å². The van der Waals surface area contributed by atoms with Crippen molar-refractivity contribution in [1.29, 1.82) is 0 Å². The second-order valence-electron chi connectivity index (χ2n) is 11.5. The molecule has 0 saturated carbocycles. The summed E-state index contributed by atoms with van der Waals surface area (Å²) in [5.74, 6) is -1.65. The second kappa shape index (κ2) is 13.0. The number of hydrogen-bond acceptors (Lipinski definition) is 8. The Morgan fingerprint density at radius 2 is 1.88 bits per heavy atom. The summed E-state index contributed by atoms with van der Waals surface area (Å²) in [5, 5.41) is 8.84. The van der Waals surface area contributed by atoms with Crippen LogP contribution in [0.3, 0.4) is 0 Å². The molecule has 3 aliphatic rings. The zero-order valence-corrected chi connectivity index (χ0v) is 24.6. The number of hydrogen-bond donors (Lipinski definition) is 3. The molecule has 5 rings (SSSR count). The summed E-state index contributed by atoms with van der Waals surface area (Å²) in [5.41, 5.74) is 3.56. The number of pyridine rings is 1. The topological polar surface area (TPSA) is 139 Å². The van der Waals surface area contributed by atoms with Crippen LogP contribution in [0, 0.1) is 5.41 Å². The van der Waals surface area contributed by atoms with E-state index >= 15 is 0 Å². The van der Waals surface area contributed by atoms with Crippen LogP contribution in [0.4, 0.5) is 0 Å². The number of benzene rings is 1. The Balaban J connectivity index is 1.52. The lowest BCUT2D eigenvalue weighted by Crippen LogP contribution is -2.61. The van der Waals surface area contributed by atoms with E-state index in [4.69, 9.17) is 9.47 Å². The van der Waals surface area contributed by atoms with Gasteiger partial charge in [0.2, 0.25) is 11.8 Å². The Hall–Kier alpha value is -4.09. The fourth-order valence-corrected chi connectivity index (χ4v) is 5.72. The molecule has 0 aliphatic carbocycles. The minimum atomic E-state index is -0.932. The van der Waals surface area contributed by atoms with Crippen LogP contribution in [0.5, 0.6) is 0 Å². The van der Waals surface area contributed by atoms with Gasteiger partial charge in [0.05, 0.1) is 11.1 Å². The lowest BCUT2D eigenvalue weighted by atomic mass is 9.78. The van der Waals surface area contributed by atoms with E-state index in [0.29, 0.717) is 51.1 Å². The highest BCUT2D eigenvalue weighted by atomic mass is 16.5. The predicted molar refractivity (Wildman–Crippen MR) is 160 cm³/mol. The Bertz CT molecular complexity index is 1430. The van der Waals surface area contributed by atoms with Crippen molar-refractivity contribution in [2.24, 2.45) is 5.41 Å². The lowest BCUT2D eigenvalue weighted by Gasteiger charge is -2.35. The van der Waals surface area contributed by atoms with E-state index in [2.05, 4.69) is 27.6 Å². The number of rotatable bonds is 2. The molecule has 3 amide bonds. The fourth-order valence-electron chi connectivity index (χ4n) is 5.72. The van der Waals surface area contributed by atoms with E-state index in [-0.39, 0.29) is 12.3 Å². The van der Waals surface area contributed by atoms with E-state index in [9.17, 15) is 19.2 Å². The predicted octanol–water partition coefficient (Wildman–Crippen LogP) is 2.72. The summed E-state index contributed by atoms with van der Waals surface area (Å²) in [6.45, 7) is 8.32. The smallest absolute Gasteiger partial charge is 0.325 e. The van der Waals surface area contributed by atoms with Crippen LogP contribution in [-0.4, -0.2) is 71.6 Å². The maximum Gasteiger partial charge on any atom is 0.325 e. The molecule has 43 heavy (non-hydrogen) atoms. The largest absolute Gasteiger partial charge is 0.457 e. The first-order valence-corrected chi connectivity index (χ1v) is 14.9. The normalized spacial score (nSPS) is 27.7. The van der Waals surface area contributed by atoms with Gasteiger partial charge in [0.15, 0.2) is 0 Å². The summed E-state index contributed by atoms with van der Waals surface area (Å²) < 4.78 is 11.4. The first-order valence-electron chi connectivity index (χ1n) is 14.9. The maximum absolute atomic E-state index is 13.8. The van der Waals surface area contributed by atoms with Crippen molar-refractivity contribution in [2.75, 3.05) is 19.8 Å². The Kier molecular flexibility index (Phi) is 9.22. The number of nitrogens with one attached hydrogen (secondary N) is 3. The molecule has 2 saturated heterocycles. The van der Waals surface area contributed by atoms with Gasteiger partial charge in [-0.1, -0.05) is 24.3 Å². The van der Waals surface area contributed by atoms with Crippen LogP contribution in [0.1, 0.15) is 63.3 Å². The molecular weight excluding hydrogens is 550 g/mol. The van der Waals surface area contributed by atoms with Gasteiger partial charge in [-0.3, -0.25) is 29.2 Å². The molecule has 2 aromatic rings. The molecule has 1 aromatic heterocycles. The molecule has 1 spiro atoms. The van der Waals surface area contributed by atoms with E-state index in [1.807, 2.05) is 43.3 Å². The van der Waals surface area contributed by atoms with Gasteiger partial charge >= 0.3 is 5.97 Å². The zero-order chi connectivity index (χ0) is 30.6. The van der Waals surface area contributed by atoms with Gasteiger partial charge in [-0.15, -0.1) is 6.58 Å². The molecule has 3 aliphatic heterocycles. The van der Waals surface area contributed by atoms with E-state index in [0.717, 1.165) is 16.3 Å². The van der Waals surface area contributed by atoms with Gasteiger partial charge in [-0.2, -0.15) is 0 Å². The standard InChI is InChI=1S/C32H39N5O6/c1-4-6-26-28(38)34-20(2)29(39)37-14-5-7-27(36-37)30(40)43-21(3)22-8-9-23-19-33-25(18-24(23)17-22)10-11-32(31(41)35-26)12-15-42-16-13-32/h4,8-11,17-21,26-27,36H,1,5-7,12-16H2,2-3H3,(H,34,38)(H,35,41)/b11-10+/t20-,21+,26-,27-/m0/s1. The molecule has 228 valence electrons. The van der Waals surface area contributed by atoms with Crippen LogP contribution >= 0.6 is 0 Å². The van der Waals surface area contributed by atoms with Gasteiger partial charge in [0.25, 0.3) is 5.91 Å². The van der Waals surface area contributed by atoms with Crippen molar-refractivity contribution in [3.63, 3.8) is 0 Å². The lowest BCUT2D eigenvalue weighted by molar-refractivity contribution is -0.157. The monoisotopic (exact) mass is 589 g/mol. The third-order valence-corrected chi connectivity index (χ3v) is 8.43. The average molecular weight is 590 g/mol. The van der Waals surface area contributed by atoms with Gasteiger partial charge in [-0.05, 0) is 75.1 Å². The number of fused-ring (bicyclic) bond motifs is 4. The Morgan fingerprint density at radius 1 is 1.09 bits per heavy atom. The van der Waals surface area contributed by atoms with Crippen molar-refractivity contribution in [2.45, 2.75) is 70.2 Å². The zero-order valence-electron chi connectivity index (χ0n) is 24.6. The van der Waals surface area contributed by atoms with Crippen LogP contribution in [0.25, 0.3) is 16.8 Å². The molecule has 0 radical (unpaired) electrons. The molecule has 4 heterocycles. The van der Waals surface area contributed by atoms with Crippen molar-refractivity contribution >= 4 is 40.5 Å². The van der Waals surface area contributed by atoms with Gasteiger partial charge < -0.3 is 20.1 Å². The third kappa shape index (κ3) is 6.78. The molecule has 2 fully saturated rings. The highest BCUT2D eigenvalue weighted by Gasteiger charge is 2.40. The number of nitrogens with zero attached hydrogens (tertiary/aromatic N) is 2. The molecule has 11 nitrogen and oxygen atoms in total. The molecule has 0 unspecified atom stereocenters. The minimum Gasteiger partial charge on any atom is -0.457 e. The molecule has 4 atom stereocenters. The van der Waals surface area contributed by atoms with E-state index < -0.39 is 47.4 Å². The first kappa shape index (κ1) is 30.4. The SMILES string of the molecule is C=CC[C@@H]1NC(=O)C2(/C=C/c3cc4cc(ccc4cn3)[C@@H](C)OC(=O)[C@@H]3CCCN(N3)C(=O)[C@H](C)NC1=O)CCOCC2. The number of carbonyl (C=O) groups excluding carboxylic acids is 4. The minimum absolute atomic E-state index is 0.178. The second-order valence-corrected chi connectivity index (χ2v) is 11.5. The molecule has 11 heteroatoms. The molecular formula is C32H39N5O6. The highest BCUT2D eigenvalue weighted by molar-refractivity contribution is 5.94. The average Bonchev–Trinajstić information content (AvgIpc) is 3.02. The number of hydrazine groups is 1. The maximum atomic E-state index is 13.8. The summed E-state index contributed by atoms with van der Waals surface area (Å²) >= 11 is 0. The van der Waals surface area contributed by atoms with E-state index in [1.165, 1.54) is 5.01 Å². The van der Waals surface area contributed by atoms with Crippen molar-refractivity contribution in [3.8, 4) is 0 Å². The highest BCUT2D eigenvalue weighted by Crippen LogP contribution is 2.34. The number of esters is 1. The number of carbonyl (C=O) groups is 4. The van der Waals surface area contributed by atoms with Crippen LogP contribution in [-0.2, 0) is 28.7 Å². The van der Waals surface area contributed by atoms with Gasteiger partial charge in [0.1, 0.15) is 24.2 Å².